The largest absolute Gasteiger partial charge is 0.477 e. The molecule has 0 saturated carbocycles. The second-order valence-electron chi connectivity index (χ2n) is 6.43. The van der Waals surface area contributed by atoms with Crippen LogP contribution in [0.5, 0.6) is 0 Å². The van der Waals surface area contributed by atoms with E-state index in [-0.39, 0.29) is 16.7 Å². The molecule has 0 radical (unpaired) electrons. The minimum absolute atomic E-state index is 0.0767. The monoisotopic (exact) mass is 462 g/mol. The maximum absolute atomic E-state index is 12.7. The number of nitrogens with two attached hydrogens (primary N) is 1. The molecule has 2 aromatic rings. The van der Waals surface area contributed by atoms with E-state index in [0.717, 1.165) is 11.5 Å². The van der Waals surface area contributed by atoms with Crippen LogP contribution in [0.3, 0.4) is 0 Å². The summed E-state index contributed by atoms with van der Waals surface area (Å²) >= 11 is 2.02. The van der Waals surface area contributed by atoms with Crippen LogP contribution in [0.2, 0.25) is 0 Å². The number of nitrogens with zero attached hydrogens (tertiary/aromatic N) is 6. The fourth-order valence-electron chi connectivity index (χ4n) is 3.34. The van der Waals surface area contributed by atoms with E-state index in [1.165, 1.54) is 29.1 Å². The van der Waals surface area contributed by atoms with Gasteiger partial charge in [0.2, 0.25) is 11.5 Å². The highest BCUT2D eigenvalue weighted by molar-refractivity contribution is 8.03. The van der Waals surface area contributed by atoms with Gasteiger partial charge in [0.15, 0.2) is 5.13 Å². The summed E-state index contributed by atoms with van der Waals surface area (Å²) in [5.74, 6) is -2.87. The smallest absolute Gasteiger partial charge is 0.353 e. The molecule has 2 aromatic heterocycles. The molecule has 0 aliphatic carbocycles. The van der Waals surface area contributed by atoms with Crippen LogP contribution in [-0.4, -0.2) is 70.3 Å². The maximum Gasteiger partial charge on any atom is 0.353 e. The molecule has 0 aromatic carbocycles. The van der Waals surface area contributed by atoms with Crippen LogP contribution in [-0.2, 0) is 14.4 Å². The second kappa shape index (κ2) is 8.27. The third-order valence-corrected chi connectivity index (χ3v) is 6.31. The Labute approximate surface area is 182 Å². The molecule has 4 rings (SSSR count). The van der Waals surface area contributed by atoms with Crippen molar-refractivity contribution in [2.75, 3.05) is 5.73 Å². The number of aliphatic carboxylic acids is 1. The molecular weight excluding hydrogens is 448 g/mol. The SMILES string of the molecule is Nc1nc(/C(=N/O)C(=O)N[C@@H]2C(=O)N3C(C(=O)O)=C(Sc4ccnnc4)CC[C@H]23)ns1. The molecule has 0 spiro atoms. The molecule has 0 unspecified atom stereocenters. The second-order valence-corrected chi connectivity index (χ2v) is 8.38. The van der Waals surface area contributed by atoms with E-state index >= 15 is 0 Å². The topological polar surface area (TPSA) is 197 Å². The summed E-state index contributed by atoms with van der Waals surface area (Å²) in [6.45, 7) is 0. The van der Waals surface area contributed by atoms with Crippen molar-refractivity contribution in [1.82, 2.24) is 29.8 Å². The molecule has 1 fully saturated rings. The number of hydrogen-bond acceptors (Lipinski definition) is 12. The fraction of sp³-hybridized carbons (Fsp3) is 0.250. The van der Waals surface area contributed by atoms with Gasteiger partial charge in [-0.15, -0.1) is 0 Å². The molecule has 2 aliphatic rings. The number of fused-ring (bicyclic) bond motifs is 1. The number of hydrogen-bond donors (Lipinski definition) is 4. The summed E-state index contributed by atoms with van der Waals surface area (Å²) in [6, 6.07) is 0.172. The number of carboxylic acids is 1. The van der Waals surface area contributed by atoms with Crippen LogP contribution in [0.1, 0.15) is 18.7 Å². The predicted octanol–water partition coefficient (Wildman–Crippen LogP) is -0.333. The van der Waals surface area contributed by atoms with Crippen LogP contribution in [0, 0.1) is 0 Å². The van der Waals surface area contributed by atoms with Gasteiger partial charge in [0.1, 0.15) is 11.7 Å². The Kier molecular flexibility index (Phi) is 5.51. The molecule has 13 nitrogen and oxygen atoms in total. The minimum atomic E-state index is -1.24. The van der Waals surface area contributed by atoms with Gasteiger partial charge in [0, 0.05) is 21.3 Å². The van der Waals surface area contributed by atoms with Crippen LogP contribution < -0.4 is 11.1 Å². The first-order valence-electron chi connectivity index (χ1n) is 8.77. The quantitative estimate of drug-likeness (QED) is 0.190. The molecule has 4 heterocycles. The highest BCUT2D eigenvalue weighted by Crippen LogP contribution is 2.42. The third-order valence-electron chi connectivity index (χ3n) is 4.65. The molecule has 2 aliphatic heterocycles. The van der Waals surface area contributed by atoms with Crippen molar-refractivity contribution in [3.05, 3.63) is 34.9 Å². The summed E-state index contributed by atoms with van der Waals surface area (Å²) < 4.78 is 3.81. The third kappa shape index (κ3) is 3.79. The van der Waals surface area contributed by atoms with Crippen LogP contribution in [0.15, 0.2) is 39.1 Å². The van der Waals surface area contributed by atoms with Crippen molar-refractivity contribution in [3.63, 3.8) is 0 Å². The van der Waals surface area contributed by atoms with Gasteiger partial charge in [-0.3, -0.25) is 14.5 Å². The number of thioether (sulfide) groups is 1. The molecule has 160 valence electrons. The first-order chi connectivity index (χ1) is 14.9. The minimum Gasteiger partial charge on any atom is -0.477 e. The van der Waals surface area contributed by atoms with Crippen molar-refractivity contribution < 1.29 is 24.7 Å². The van der Waals surface area contributed by atoms with Gasteiger partial charge in [-0.1, -0.05) is 16.9 Å². The maximum atomic E-state index is 12.7. The Morgan fingerprint density at radius 3 is 2.81 bits per heavy atom. The zero-order chi connectivity index (χ0) is 22.1. The zero-order valence-corrected chi connectivity index (χ0v) is 17.1. The van der Waals surface area contributed by atoms with Crippen molar-refractivity contribution >= 4 is 51.9 Å². The van der Waals surface area contributed by atoms with Gasteiger partial charge in [-0.2, -0.15) is 19.6 Å². The lowest BCUT2D eigenvalue weighted by molar-refractivity contribution is -0.155. The normalized spacial score (nSPS) is 20.8. The van der Waals surface area contributed by atoms with E-state index < -0.39 is 35.6 Å². The van der Waals surface area contributed by atoms with E-state index in [9.17, 15) is 19.5 Å². The average molecular weight is 462 g/mol. The lowest BCUT2D eigenvalue weighted by atomic mass is 9.86. The highest BCUT2D eigenvalue weighted by atomic mass is 32.2. The summed E-state index contributed by atoms with van der Waals surface area (Å²) in [5.41, 5.74) is 4.86. The summed E-state index contributed by atoms with van der Waals surface area (Å²) in [6.07, 6.45) is 3.81. The number of rotatable bonds is 6. The Bertz CT molecular complexity index is 1120. The average Bonchev–Trinajstić information content (AvgIpc) is 3.18. The van der Waals surface area contributed by atoms with Crippen LogP contribution in [0.4, 0.5) is 5.13 Å². The van der Waals surface area contributed by atoms with Crippen molar-refractivity contribution in [2.45, 2.75) is 29.8 Å². The van der Waals surface area contributed by atoms with Gasteiger partial charge >= 0.3 is 5.97 Å². The number of aromatic nitrogens is 4. The van der Waals surface area contributed by atoms with Gasteiger partial charge in [0.05, 0.1) is 18.4 Å². The molecule has 0 bridgehead atoms. The van der Waals surface area contributed by atoms with Gasteiger partial charge < -0.3 is 21.4 Å². The summed E-state index contributed by atoms with van der Waals surface area (Å²) in [5, 5.41) is 31.8. The first-order valence-corrected chi connectivity index (χ1v) is 10.4. The van der Waals surface area contributed by atoms with Gasteiger partial charge in [-0.05, 0) is 18.9 Å². The number of carbonyl (C=O) groups excluding carboxylic acids is 2. The lowest BCUT2D eigenvalue weighted by Crippen LogP contribution is -2.72. The molecule has 5 N–H and O–H groups in total. The summed E-state index contributed by atoms with van der Waals surface area (Å²) in [7, 11) is 0. The molecule has 15 heteroatoms. The Hall–Kier alpha value is -3.59. The van der Waals surface area contributed by atoms with Crippen LogP contribution >= 0.6 is 23.3 Å². The van der Waals surface area contributed by atoms with E-state index in [0.29, 0.717) is 22.6 Å². The summed E-state index contributed by atoms with van der Waals surface area (Å²) in [4.78, 5) is 43.3. The van der Waals surface area contributed by atoms with Crippen LogP contribution in [0.25, 0.3) is 0 Å². The zero-order valence-electron chi connectivity index (χ0n) is 15.5. The number of β-lactam (4-membered cyclic amide) rings is 1. The number of carboxylic acid groups (broad SMARTS) is 1. The number of oxime groups is 1. The number of carbonyl (C=O) groups is 3. The molecule has 31 heavy (non-hydrogen) atoms. The number of nitrogens with one attached hydrogen (secondary N) is 1. The number of allylic oxidation sites excluding steroid dienone is 1. The first kappa shape index (κ1) is 20.7. The molecule has 1 saturated heterocycles. The standard InChI is InChI=1S/C16H14N8O5S2/c17-16-21-12(23-31-16)10(22-29)13(25)20-9-7-1-2-8(30-6-3-4-18-19-5-6)11(15(27)28)24(7)14(9)26/h3-5,7,9,29H,1-2H2,(H,20,25)(H,27,28)(H2,17,21,23)/b22-10-/t7-,9+/m1/s1. The van der Waals surface area contributed by atoms with Gasteiger partial charge in [-0.25, -0.2) is 4.79 Å². The fourth-order valence-corrected chi connectivity index (χ4v) is 4.79. The number of anilines is 1. The lowest BCUT2D eigenvalue weighted by Gasteiger charge is -2.50. The van der Waals surface area contributed by atoms with Crippen molar-refractivity contribution in [3.8, 4) is 0 Å². The molecule has 2 atom stereocenters. The van der Waals surface area contributed by atoms with E-state index in [1.807, 2.05) is 0 Å². The Morgan fingerprint density at radius 2 is 2.19 bits per heavy atom. The van der Waals surface area contributed by atoms with E-state index in [2.05, 4.69) is 30.0 Å². The molecular formula is C16H14N8O5S2. The van der Waals surface area contributed by atoms with Gasteiger partial charge in [0.25, 0.3) is 11.8 Å². The van der Waals surface area contributed by atoms with E-state index in [1.54, 1.807) is 6.07 Å². The highest BCUT2D eigenvalue weighted by Gasteiger charge is 2.53. The molecule has 2 amide bonds. The Morgan fingerprint density at radius 1 is 1.39 bits per heavy atom. The number of amides is 2. The van der Waals surface area contributed by atoms with E-state index in [4.69, 9.17) is 10.9 Å². The van der Waals surface area contributed by atoms with Crippen molar-refractivity contribution in [2.24, 2.45) is 5.16 Å². The predicted molar refractivity (Wildman–Crippen MR) is 107 cm³/mol. The number of nitrogen functional groups attached to an aromatic ring is 1. The Balaban J connectivity index is 1.52. The van der Waals surface area contributed by atoms with Crippen molar-refractivity contribution in [1.29, 1.82) is 0 Å².